The van der Waals surface area contributed by atoms with Gasteiger partial charge in [-0.3, -0.25) is 9.69 Å². The molecule has 1 aliphatic heterocycles. The van der Waals surface area contributed by atoms with Crippen molar-refractivity contribution < 1.29 is 0 Å². The molecule has 2 aromatic rings. The summed E-state index contributed by atoms with van der Waals surface area (Å²) in [7, 11) is 1.98. The molecule has 0 aromatic carbocycles. The van der Waals surface area contributed by atoms with Crippen molar-refractivity contribution in [1.29, 1.82) is 0 Å². The first-order chi connectivity index (χ1) is 9.28. The molecular weight excluding hydrogens is 262 g/mol. The van der Waals surface area contributed by atoms with Crippen molar-refractivity contribution in [3.63, 3.8) is 0 Å². The first-order valence-corrected chi connectivity index (χ1v) is 7.37. The molecule has 1 N–H and O–H groups in total. The highest BCUT2D eigenvalue weighted by Crippen LogP contribution is 2.18. The highest BCUT2D eigenvalue weighted by Gasteiger charge is 2.24. The maximum Gasteiger partial charge on any atom is 0.275 e. The van der Waals surface area contributed by atoms with Gasteiger partial charge >= 0.3 is 0 Å². The Kier molecular flexibility index (Phi) is 3.58. The van der Waals surface area contributed by atoms with E-state index in [0.29, 0.717) is 11.0 Å². The molecular formula is C12H17N5OS. The van der Waals surface area contributed by atoms with E-state index >= 15 is 0 Å². The number of aromatic nitrogens is 3. The van der Waals surface area contributed by atoms with Crippen LogP contribution in [0.4, 0.5) is 0 Å². The van der Waals surface area contributed by atoms with Crippen molar-refractivity contribution in [1.82, 2.24) is 24.8 Å². The molecule has 7 heteroatoms. The van der Waals surface area contributed by atoms with Gasteiger partial charge in [0.2, 0.25) is 4.96 Å². The van der Waals surface area contributed by atoms with Crippen molar-refractivity contribution >= 4 is 16.3 Å². The Hall–Kier alpha value is -1.31. The third-order valence-electron chi connectivity index (χ3n) is 3.54. The summed E-state index contributed by atoms with van der Waals surface area (Å²) in [5.74, 6) is 0. The molecule has 2 aromatic heterocycles. The van der Waals surface area contributed by atoms with Crippen LogP contribution in [-0.4, -0.2) is 45.7 Å². The number of rotatable bonds is 4. The van der Waals surface area contributed by atoms with Crippen LogP contribution in [0, 0.1) is 0 Å². The predicted molar refractivity (Wildman–Crippen MR) is 74.5 cm³/mol. The molecule has 3 heterocycles. The average Bonchev–Trinajstić information content (AvgIpc) is 3.00. The van der Waals surface area contributed by atoms with Crippen LogP contribution in [-0.2, 0) is 6.54 Å². The molecule has 0 radical (unpaired) electrons. The Bertz CT molecular complexity index is 622. The lowest BCUT2D eigenvalue weighted by Crippen LogP contribution is -2.36. The molecule has 1 saturated heterocycles. The SMILES string of the molecule is CNCC1CCCN1Cc1cc(=O)n2ncsc2n1. The fraction of sp³-hybridized carbons (Fsp3) is 0.583. The predicted octanol–water partition coefficient (Wildman–Crippen LogP) is 0.335. The van der Waals surface area contributed by atoms with Crippen LogP contribution in [0.1, 0.15) is 18.5 Å². The number of fused-ring (bicyclic) bond motifs is 1. The lowest BCUT2D eigenvalue weighted by molar-refractivity contribution is 0.239. The van der Waals surface area contributed by atoms with Gasteiger partial charge in [-0.15, -0.1) is 0 Å². The van der Waals surface area contributed by atoms with E-state index in [0.717, 1.165) is 25.3 Å². The van der Waals surface area contributed by atoms with Gasteiger partial charge in [-0.25, -0.2) is 4.98 Å². The fourth-order valence-electron chi connectivity index (χ4n) is 2.66. The Balaban J connectivity index is 1.82. The minimum atomic E-state index is -0.0920. The van der Waals surface area contributed by atoms with Gasteiger partial charge in [-0.05, 0) is 26.4 Å². The Labute approximate surface area is 115 Å². The zero-order valence-electron chi connectivity index (χ0n) is 10.9. The molecule has 19 heavy (non-hydrogen) atoms. The minimum absolute atomic E-state index is 0.0920. The minimum Gasteiger partial charge on any atom is -0.318 e. The smallest absolute Gasteiger partial charge is 0.275 e. The van der Waals surface area contributed by atoms with Gasteiger partial charge < -0.3 is 5.32 Å². The van der Waals surface area contributed by atoms with Gasteiger partial charge in [0.15, 0.2) is 0 Å². The van der Waals surface area contributed by atoms with Crippen LogP contribution >= 0.6 is 11.3 Å². The third kappa shape index (κ3) is 2.54. The van der Waals surface area contributed by atoms with Gasteiger partial charge in [0.1, 0.15) is 5.51 Å². The van der Waals surface area contributed by atoms with Crippen molar-refractivity contribution in [2.45, 2.75) is 25.4 Å². The summed E-state index contributed by atoms with van der Waals surface area (Å²) >= 11 is 1.39. The first kappa shape index (κ1) is 12.7. The topological polar surface area (TPSA) is 62.5 Å². The third-order valence-corrected chi connectivity index (χ3v) is 4.22. The van der Waals surface area contributed by atoms with E-state index in [1.807, 2.05) is 7.05 Å². The summed E-state index contributed by atoms with van der Waals surface area (Å²) in [5, 5.41) is 7.20. The second kappa shape index (κ2) is 5.36. The Morgan fingerprint density at radius 2 is 2.47 bits per heavy atom. The second-order valence-corrected chi connectivity index (χ2v) is 5.65. The highest BCUT2D eigenvalue weighted by molar-refractivity contribution is 7.14. The summed E-state index contributed by atoms with van der Waals surface area (Å²) in [6.07, 6.45) is 2.43. The maximum atomic E-state index is 11.9. The Morgan fingerprint density at radius 1 is 1.58 bits per heavy atom. The summed E-state index contributed by atoms with van der Waals surface area (Å²) < 4.78 is 1.35. The number of likely N-dealkylation sites (tertiary alicyclic amines) is 1. The van der Waals surface area contributed by atoms with E-state index in [4.69, 9.17) is 0 Å². The quantitative estimate of drug-likeness (QED) is 0.874. The first-order valence-electron chi connectivity index (χ1n) is 6.49. The number of hydrogen-bond acceptors (Lipinski definition) is 6. The van der Waals surface area contributed by atoms with Crippen molar-refractivity contribution in [3.8, 4) is 0 Å². The monoisotopic (exact) mass is 279 g/mol. The van der Waals surface area contributed by atoms with Gasteiger partial charge in [-0.1, -0.05) is 11.3 Å². The van der Waals surface area contributed by atoms with Crippen LogP contribution < -0.4 is 10.9 Å². The summed E-state index contributed by atoms with van der Waals surface area (Å²) in [4.78, 5) is 19.5. The van der Waals surface area contributed by atoms with Gasteiger partial charge in [-0.2, -0.15) is 9.61 Å². The molecule has 1 atom stereocenters. The number of nitrogens with one attached hydrogen (secondary N) is 1. The molecule has 0 amide bonds. The van der Waals surface area contributed by atoms with E-state index in [1.165, 1.54) is 28.7 Å². The molecule has 1 unspecified atom stereocenters. The highest BCUT2D eigenvalue weighted by atomic mass is 32.1. The van der Waals surface area contributed by atoms with Crippen LogP contribution in [0.15, 0.2) is 16.4 Å². The molecule has 0 saturated carbocycles. The molecule has 3 rings (SSSR count). The summed E-state index contributed by atoms with van der Waals surface area (Å²) in [6, 6.07) is 2.15. The van der Waals surface area contributed by atoms with E-state index < -0.39 is 0 Å². The molecule has 0 aliphatic carbocycles. The van der Waals surface area contributed by atoms with Crippen LogP contribution in [0.3, 0.4) is 0 Å². The van der Waals surface area contributed by atoms with Crippen LogP contribution in [0.5, 0.6) is 0 Å². The van der Waals surface area contributed by atoms with Crippen LogP contribution in [0.25, 0.3) is 4.96 Å². The summed E-state index contributed by atoms with van der Waals surface area (Å²) in [5.41, 5.74) is 2.40. The lowest BCUT2D eigenvalue weighted by atomic mass is 10.2. The average molecular weight is 279 g/mol. The van der Waals surface area contributed by atoms with Crippen LogP contribution in [0.2, 0.25) is 0 Å². The Morgan fingerprint density at radius 3 is 3.32 bits per heavy atom. The lowest BCUT2D eigenvalue weighted by Gasteiger charge is -2.23. The van der Waals surface area contributed by atoms with E-state index in [-0.39, 0.29) is 5.56 Å². The summed E-state index contributed by atoms with van der Waals surface area (Å²) in [6.45, 7) is 2.81. The molecule has 102 valence electrons. The fourth-order valence-corrected chi connectivity index (χ4v) is 3.30. The molecule has 0 bridgehead atoms. The number of nitrogens with zero attached hydrogens (tertiary/aromatic N) is 4. The molecule has 1 aliphatic rings. The second-order valence-electron chi connectivity index (χ2n) is 4.84. The largest absolute Gasteiger partial charge is 0.318 e. The van der Waals surface area contributed by atoms with E-state index in [9.17, 15) is 4.79 Å². The zero-order chi connectivity index (χ0) is 13.2. The zero-order valence-corrected chi connectivity index (χ0v) is 11.7. The molecule has 0 spiro atoms. The molecule has 1 fully saturated rings. The van der Waals surface area contributed by atoms with Gasteiger partial charge in [0.25, 0.3) is 5.56 Å². The number of likely N-dealkylation sites (N-methyl/N-ethyl adjacent to an activating group) is 1. The van der Waals surface area contributed by atoms with Crippen molar-refractivity contribution in [2.24, 2.45) is 0 Å². The maximum absolute atomic E-state index is 11.9. The normalized spacial score (nSPS) is 20.4. The standard InChI is InChI=1S/C12H17N5OS/c1-13-6-10-3-2-4-16(10)7-9-5-11(18)17-12(15-9)19-8-14-17/h5,8,10,13H,2-4,6-7H2,1H3. The molecule has 6 nitrogen and oxygen atoms in total. The number of hydrogen-bond donors (Lipinski definition) is 1. The van der Waals surface area contributed by atoms with Crippen molar-refractivity contribution in [3.05, 3.63) is 27.6 Å². The van der Waals surface area contributed by atoms with E-state index in [1.54, 1.807) is 11.6 Å². The van der Waals surface area contributed by atoms with E-state index in [2.05, 4.69) is 20.3 Å². The van der Waals surface area contributed by atoms with Crippen molar-refractivity contribution in [2.75, 3.05) is 20.1 Å². The van der Waals surface area contributed by atoms with Gasteiger partial charge in [0.05, 0.1) is 5.69 Å². The van der Waals surface area contributed by atoms with Gasteiger partial charge in [0, 0.05) is 25.2 Å².